The number of carbonyl (C=O) groups is 3. The Morgan fingerprint density at radius 2 is 1.93 bits per heavy atom. The number of hydrogen-bond donors (Lipinski definition) is 1. The smallest absolute Gasteiger partial charge is 0.408 e. The summed E-state index contributed by atoms with van der Waals surface area (Å²) in [5, 5.41) is 5.32. The number of pyridine rings is 2. The Kier molecular flexibility index (Phi) is 7.21. The number of hydrogen-bond acceptors (Lipinski definition) is 8. The highest BCUT2D eigenvalue weighted by atomic mass is 32.3. The van der Waals surface area contributed by atoms with Gasteiger partial charge in [-0.3, -0.25) is 9.59 Å². The molecule has 10 nitrogen and oxygen atoms in total. The van der Waals surface area contributed by atoms with Crippen molar-refractivity contribution in [1.82, 2.24) is 14.9 Å². The summed E-state index contributed by atoms with van der Waals surface area (Å²) in [5.74, 6) is -1.66. The maximum atomic E-state index is 14.0. The van der Waals surface area contributed by atoms with Gasteiger partial charge in [0.1, 0.15) is 18.8 Å². The van der Waals surface area contributed by atoms with Crippen LogP contribution in [0.5, 0.6) is 0 Å². The molecule has 0 saturated carbocycles. The van der Waals surface area contributed by atoms with Gasteiger partial charge in [0.15, 0.2) is 0 Å². The zero-order valence-electron chi connectivity index (χ0n) is 24.7. The van der Waals surface area contributed by atoms with Crippen molar-refractivity contribution in [3.05, 3.63) is 69.4 Å². The second kappa shape index (κ2) is 10.3. The summed E-state index contributed by atoms with van der Waals surface area (Å²) in [5.41, 5.74) is 0.437. The van der Waals surface area contributed by atoms with Crippen LogP contribution < -0.4 is 10.9 Å². The van der Waals surface area contributed by atoms with Crippen LogP contribution in [0.3, 0.4) is 0 Å². The van der Waals surface area contributed by atoms with Gasteiger partial charge in [-0.2, -0.15) is 10.0 Å². The van der Waals surface area contributed by atoms with Crippen LogP contribution in [0.1, 0.15) is 50.8 Å². The number of aromatic nitrogens is 2. The van der Waals surface area contributed by atoms with E-state index in [1.54, 1.807) is 38.3 Å². The van der Waals surface area contributed by atoms with Gasteiger partial charge in [0.05, 0.1) is 29.0 Å². The lowest BCUT2D eigenvalue weighted by Crippen LogP contribution is -2.49. The molecule has 5 rings (SSSR count). The summed E-state index contributed by atoms with van der Waals surface area (Å²) < 4.78 is 18.0. The minimum Gasteiger partial charge on any atom is -0.457 e. The second-order valence-electron chi connectivity index (χ2n) is 11.8. The van der Waals surface area contributed by atoms with E-state index in [9.17, 15) is 19.2 Å². The molecule has 1 N–H and O–H groups in total. The SMILES string of the molecule is C=CS(C)(C)c1c2c(nc3ccccc13)-c1cc3c(c(=O)n1C2)COC(=O)[C@@]3(CC)OC(=O)CNC(=O)OC(C)(C)C. The van der Waals surface area contributed by atoms with Crippen molar-refractivity contribution in [3.8, 4) is 11.4 Å². The molecular weight excluding hydrogens is 558 g/mol. The maximum Gasteiger partial charge on any atom is 0.408 e. The molecule has 0 bridgehead atoms. The average molecular weight is 594 g/mol. The van der Waals surface area contributed by atoms with Gasteiger partial charge in [-0.25, -0.2) is 14.6 Å². The van der Waals surface area contributed by atoms with E-state index in [-0.39, 0.29) is 29.7 Å². The molecule has 0 unspecified atom stereocenters. The second-order valence-corrected chi connectivity index (χ2v) is 15.3. The van der Waals surface area contributed by atoms with E-state index in [1.807, 2.05) is 29.7 Å². The van der Waals surface area contributed by atoms with Gasteiger partial charge in [-0.15, -0.1) is 0 Å². The molecule has 0 fully saturated rings. The van der Waals surface area contributed by atoms with Crippen LogP contribution in [0.25, 0.3) is 22.3 Å². The Hall–Kier alpha value is -4.12. The third-order valence-corrected chi connectivity index (χ3v) is 9.87. The Morgan fingerprint density at radius 3 is 2.60 bits per heavy atom. The first-order valence-corrected chi connectivity index (χ1v) is 16.1. The van der Waals surface area contributed by atoms with Gasteiger partial charge in [0, 0.05) is 21.4 Å². The standard InChI is InChI=1S/C31H35N3O7S/c1-8-31(40-24(35)15-32-29(38)41-30(3,4)5)21-14-23-25-19(16-34(23)27(36)20(21)17-39-28(31)37)26(42(6,7)9-2)18-12-10-11-13-22(18)33-25/h9-14H,2,8,15-17H2,1,3-7H3,(H,32,38)/t31-/m0/s1. The number of carbonyl (C=O) groups excluding carboxylic acids is 3. The lowest BCUT2D eigenvalue weighted by atomic mass is 9.85. The summed E-state index contributed by atoms with van der Waals surface area (Å²) in [6.07, 6.45) is 3.51. The number of ether oxygens (including phenoxy) is 3. The number of nitrogens with zero attached hydrogens (tertiary/aromatic N) is 2. The summed E-state index contributed by atoms with van der Waals surface area (Å²) >= 11 is 0. The highest BCUT2D eigenvalue weighted by molar-refractivity contribution is 8.35. The molecule has 11 heteroatoms. The molecule has 1 atom stereocenters. The van der Waals surface area contributed by atoms with Gasteiger partial charge in [0.25, 0.3) is 5.56 Å². The van der Waals surface area contributed by atoms with Gasteiger partial charge < -0.3 is 24.1 Å². The van der Waals surface area contributed by atoms with Crippen LogP contribution in [0, 0.1) is 0 Å². The third-order valence-electron chi connectivity index (χ3n) is 7.52. The summed E-state index contributed by atoms with van der Waals surface area (Å²) in [6.45, 7) is 10.4. The van der Waals surface area contributed by atoms with E-state index in [0.717, 1.165) is 21.4 Å². The van der Waals surface area contributed by atoms with Gasteiger partial charge in [0.2, 0.25) is 5.60 Å². The summed E-state index contributed by atoms with van der Waals surface area (Å²) in [6, 6.07) is 9.58. The van der Waals surface area contributed by atoms with Crippen molar-refractivity contribution >= 4 is 39.0 Å². The quantitative estimate of drug-likeness (QED) is 0.251. The molecule has 0 aliphatic carbocycles. The highest BCUT2D eigenvalue weighted by Crippen LogP contribution is 2.57. The fraction of sp³-hybridized carbons (Fsp3) is 0.387. The van der Waals surface area contributed by atoms with Crippen molar-refractivity contribution in [2.75, 3.05) is 19.1 Å². The Bertz CT molecular complexity index is 1720. The summed E-state index contributed by atoms with van der Waals surface area (Å²) in [7, 11) is -1.46. The molecule has 0 spiro atoms. The first-order chi connectivity index (χ1) is 19.7. The fourth-order valence-corrected chi connectivity index (χ4v) is 7.22. The molecule has 2 aromatic heterocycles. The molecule has 0 radical (unpaired) electrons. The number of benzene rings is 1. The number of cyclic esters (lactones) is 1. The van der Waals surface area contributed by atoms with Crippen molar-refractivity contribution in [2.24, 2.45) is 0 Å². The monoisotopic (exact) mass is 593 g/mol. The van der Waals surface area contributed by atoms with E-state index in [4.69, 9.17) is 19.2 Å². The lowest BCUT2D eigenvalue weighted by molar-refractivity contribution is -0.188. The van der Waals surface area contributed by atoms with Crippen LogP contribution in [-0.2, 0) is 42.6 Å². The van der Waals surface area contributed by atoms with E-state index >= 15 is 0 Å². The van der Waals surface area contributed by atoms with Gasteiger partial charge in [-0.05, 0) is 51.8 Å². The summed E-state index contributed by atoms with van der Waals surface area (Å²) in [4.78, 5) is 58.3. The topological polar surface area (TPSA) is 126 Å². The van der Waals surface area contributed by atoms with Crippen LogP contribution >= 0.6 is 10.0 Å². The van der Waals surface area contributed by atoms with Crippen molar-refractivity contribution in [1.29, 1.82) is 0 Å². The molecular formula is C31H35N3O7S. The number of para-hydroxylation sites is 1. The molecule has 1 amide bonds. The Balaban J connectivity index is 1.61. The van der Waals surface area contributed by atoms with E-state index < -0.39 is 45.8 Å². The van der Waals surface area contributed by atoms with Crippen LogP contribution in [0.15, 0.2) is 52.0 Å². The van der Waals surface area contributed by atoms with Crippen molar-refractivity contribution in [2.45, 2.75) is 63.4 Å². The fourth-order valence-electron chi connectivity index (χ4n) is 5.52. The van der Waals surface area contributed by atoms with Crippen molar-refractivity contribution in [3.63, 3.8) is 0 Å². The van der Waals surface area contributed by atoms with Crippen LogP contribution in [0.4, 0.5) is 4.79 Å². The normalized spacial score (nSPS) is 17.9. The first kappa shape index (κ1) is 29.4. The molecule has 0 saturated heterocycles. The van der Waals surface area contributed by atoms with Crippen LogP contribution in [-0.4, -0.2) is 52.2 Å². The van der Waals surface area contributed by atoms with Crippen LogP contribution in [0.2, 0.25) is 0 Å². The van der Waals surface area contributed by atoms with Gasteiger partial charge >= 0.3 is 18.0 Å². The molecule has 1 aromatic carbocycles. The zero-order valence-corrected chi connectivity index (χ0v) is 25.5. The predicted octanol–water partition coefficient (Wildman–Crippen LogP) is 4.72. The highest BCUT2D eigenvalue weighted by Gasteiger charge is 2.50. The number of nitrogens with one attached hydrogen (secondary N) is 1. The number of amides is 1. The molecule has 222 valence electrons. The molecule has 3 aromatic rings. The van der Waals surface area contributed by atoms with E-state index in [2.05, 4.69) is 24.4 Å². The third kappa shape index (κ3) is 4.85. The lowest BCUT2D eigenvalue weighted by Gasteiger charge is -2.35. The molecule has 2 aliphatic rings. The average Bonchev–Trinajstić information content (AvgIpc) is 3.29. The Labute approximate surface area is 245 Å². The number of fused-ring (bicyclic) bond motifs is 5. The predicted molar refractivity (Wildman–Crippen MR) is 161 cm³/mol. The van der Waals surface area contributed by atoms with E-state index in [0.29, 0.717) is 17.9 Å². The number of esters is 2. The zero-order chi connectivity index (χ0) is 30.6. The van der Waals surface area contributed by atoms with E-state index in [1.165, 1.54) is 0 Å². The maximum absolute atomic E-state index is 14.0. The Morgan fingerprint density at radius 1 is 1.21 bits per heavy atom. The minimum atomic E-state index is -1.87. The molecule has 4 heterocycles. The number of rotatable bonds is 6. The minimum absolute atomic E-state index is 0.0107. The first-order valence-electron chi connectivity index (χ1n) is 13.6. The number of alkyl carbamates (subject to hydrolysis) is 1. The molecule has 42 heavy (non-hydrogen) atoms. The van der Waals surface area contributed by atoms with Gasteiger partial charge in [-0.1, -0.05) is 37.1 Å². The van der Waals surface area contributed by atoms with Crippen molar-refractivity contribution < 1.29 is 28.6 Å². The largest absolute Gasteiger partial charge is 0.457 e. The molecule has 2 aliphatic heterocycles.